The van der Waals surface area contributed by atoms with E-state index in [-0.39, 0.29) is 5.91 Å². The zero-order valence-electron chi connectivity index (χ0n) is 15.0. The minimum absolute atomic E-state index is 0.131. The Labute approximate surface area is 155 Å². The number of aromatic nitrogens is 5. The van der Waals surface area contributed by atoms with Crippen molar-refractivity contribution in [3.05, 3.63) is 54.7 Å². The van der Waals surface area contributed by atoms with E-state index in [0.717, 1.165) is 28.2 Å². The van der Waals surface area contributed by atoms with Crippen LogP contribution in [-0.4, -0.2) is 30.4 Å². The molecule has 0 atom stereocenters. The molecule has 8 nitrogen and oxygen atoms in total. The maximum absolute atomic E-state index is 11.5. The average molecular weight is 361 g/mol. The van der Waals surface area contributed by atoms with Gasteiger partial charge in [0.2, 0.25) is 5.91 Å². The first-order valence-corrected chi connectivity index (χ1v) is 8.52. The van der Waals surface area contributed by atoms with Crippen LogP contribution < -0.4 is 10.6 Å². The first-order valence-electron chi connectivity index (χ1n) is 8.52. The fourth-order valence-electron chi connectivity index (χ4n) is 2.87. The molecule has 4 aromatic rings. The van der Waals surface area contributed by atoms with E-state index in [1.807, 2.05) is 48.1 Å². The van der Waals surface area contributed by atoms with Gasteiger partial charge < -0.3 is 20.2 Å². The molecule has 0 unspecified atom stereocenters. The lowest BCUT2D eigenvalue weighted by Gasteiger charge is -2.11. The molecule has 0 saturated heterocycles. The van der Waals surface area contributed by atoms with Gasteiger partial charge in [-0.3, -0.25) is 4.79 Å². The number of fused-ring (bicyclic) bond motifs is 1. The van der Waals surface area contributed by atoms with Crippen molar-refractivity contribution in [1.29, 1.82) is 0 Å². The van der Waals surface area contributed by atoms with E-state index in [2.05, 4.69) is 30.6 Å². The molecule has 0 aliphatic heterocycles. The van der Waals surface area contributed by atoms with Gasteiger partial charge in [-0.25, -0.2) is 15.0 Å². The first-order chi connectivity index (χ1) is 13.1. The Bertz CT molecular complexity index is 1080. The number of aromatic amines is 1. The molecule has 136 valence electrons. The normalized spacial score (nSPS) is 10.9. The summed E-state index contributed by atoms with van der Waals surface area (Å²) in [5.41, 5.74) is 3.91. The number of carbonyl (C=O) groups is 1. The van der Waals surface area contributed by atoms with Crippen LogP contribution in [0.5, 0.6) is 0 Å². The number of hydrogen-bond donors (Lipinski definition) is 3. The summed E-state index contributed by atoms with van der Waals surface area (Å²) in [5, 5.41) is 6.19. The Kier molecular flexibility index (Phi) is 4.29. The maximum atomic E-state index is 11.5. The topological polar surface area (TPSA) is 101 Å². The lowest BCUT2D eigenvalue weighted by atomic mass is 10.1. The second-order valence-electron chi connectivity index (χ2n) is 6.24. The van der Waals surface area contributed by atoms with Crippen molar-refractivity contribution in [2.45, 2.75) is 13.5 Å². The molecule has 3 N–H and O–H groups in total. The van der Waals surface area contributed by atoms with Crippen LogP contribution in [0.3, 0.4) is 0 Å². The number of benzene rings is 1. The van der Waals surface area contributed by atoms with Crippen LogP contribution >= 0.6 is 0 Å². The minimum Gasteiger partial charge on any atom is -0.378 e. The number of amides is 1. The number of hydrogen-bond acceptors (Lipinski definition) is 5. The van der Waals surface area contributed by atoms with Crippen LogP contribution in [0.2, 0.25) is 0 Å². The summed E-state index contributed by atoms with van der Waals surface area (Å²) in [6.45, 7) is 2.05. The predicted molar refractivity (Wildman–Crippen MR) is 104 cm³/mol. The summed E-state index contributed by atoms with van der Waals surface area (Å²) in [5.74, 6) is 1.47. The van der Waals surface area contributed by atoms with Crippen LogP contribution in [0.1, 0.15) is 12.7 Å². The summed E-state index contributed by atoms with van der Waals surface area (Å²) in [7, 11) is 1.95. The molecule has 27 heavy (non-hydrogen) atoms. The van der Waals surface area contributed by atoms with E-state index in [4.69, 9.17) is 0 Å². The largest absolute Gasteiger partial charge is 0.378 e. The van der Waals surface area contributed by atoms with Crippen LogP contribution in [0.15, 0.2) is 48.9 Å². The molecule has 8 heteroatoms. The van der Waals surface area contributed by atoms with Gasteiger partial charge in [0.15, 0.2) is 5.65 Å². The highest BCUT2D eigenvalue weighted by molar-refractivity contribution is 5.90. The number of nitrogens with one attached hydrogen (secondary N) is 3. The van der Waals surface area contributed by atoms with Gasteiger partial charge in [-0.15, -0.1) is 0 Å². The van der Waals surface area contributed by atoms with Gasteiger partial charge in [0, 0.05) is 49.5 Å². The van der Waals surface area contributed by atoms with Gasteiger partial charge in [0.05, 0.1) is 6.54 Å². The summed E-state index contributed by atoms with van der Waals surface area (Å²) < 4.78 is 1.95. The molecule has 4 rings (SSSR count). The van der Waals surface area contributed by atoms with Crippen LogP contribution in [0.4, 0.5) is 11.4 Å². The molecule has 0 aliphatic rings. The molecular formula is C19H19N7O. The number of H-pyrrole nitrogens is 1. The third-order valence-electron chi connectivity index (χ3n) is 4.15. The van der Waals surface area contributed by atoms with Gasteiger partial charge >= 0.3 is 0 Å². The second-order valence-corrected chi connectivity index (χ2v) is 6.24. The molecule has 3 aromatic heterocycles. The second kappa shape index (κ2) is 6.91. The molecule has 0 aliphatic carbocycles. The molecule has 0 fully saturated rings. The number of aryl methyl sites for hydroxylation is 1. The Morgan fingerprint density at radius 1 is 1.19 bits per heavy atom. The highest BCUT2D eigenvalue weighted by Crippen LogP contribution is 2.27. The number of anilines is 2. The van der Waals surface area contributed by atoms with Gasteiger partial charge in [-0.1, -0.05) is 0 Å². The minimum atomic E-state index is -0.131. The van der Waals surface area contributed by atoms with E-state index in [1.165, 1.54) is 6.92 Å². The standard InChI is InChI=1S/C19H19N7O/c1-12(27)23-15-9-13(18-24-16-4-3-5-21-19(16)25-18)8-14(10-15)22-11-17-20-6-7-26(17)2/h3-10,22H,11H2,1-2H3,(H,23,27)(H,21,24,25). The van der Waals surface area contributed by atoms with Gasteiger partial charge in [0.1, 0.15) is 17.2 Å². The monoisotopic (exact) mass is 361 g/mol. The average Bonchev–Trinajstić information content (AvgIpc) is 3.25. The zero-order valence-corrected chi connectivity index (χ0v) is 15.0. The van der Waals surface area contributed by atoms with Crippen molar-refractivity contribution in [2.75, 3.05) is 10.6 Å². The number of imidazole rings is 2. The maximum Gasteiger partial charge on any atom is 0.221 e. The first kappa shape index (κ1) is 16.8. The fraction of sp³-hybridized carbons (Fsp3) is 0.158. The van der Waals surface area contributed by atoms with Crippen molar-refractivity contribution >= 4 is 28.4 Å². The van der Waals surface area contributed by atoms with E-state index in [0.29, 0.717) is 18.1 Å². The Balaban J connectivity index is 1.69. The van der Waals surface area contributed by atoms with Crippen molar-refractivity contribution in [2.24, 2.45) is 7.05 Å². The number of rotatable bonds is 5. The van der Waals surface area contributed by atoms with E-state index >= 15 is 0 Å². The van der Waals surface area contributed by atoms with E-state index in [1.54, 1.807) is 12.4 Å². The van der Waals surface area contributed by atoms with E-state index < -0.39 is 0 Å². The summed E-state index contributed by atoms with van der Waals surface area (Å²) >= 11 is 0. The van der Waals surface area contributed by atoms with Crippen LogP contribution in [-0.2, 0) is 18.4 Å². The number of carbonyl (C=O) groups excluding carboxylic acids is 1. The summed E-state index contributed by atoms with van der Waals surface area (Å²) in [6, 6.07) is 9.49. The molecule has 1 aromatic carbocycles. The lowest BCUT2D eigenvalue weighted by Crippen LogP contribution is -2.08. The molecule has 0 radical (unpaired) electrons. The molecule has 3 heterocycles. The SMILES string of the molecule is CC(=O)Nc1cc(NCc2nccn2C)cc(-c2nc3cccnc3[nH]2)c1. The third kappa shape index (κ3) is 3.64. The molecule has 1 amide bonds. The van der Waals surface area contributed by atoms with Crippen molar-refractivity contribution in [1.82, 2.24) is 24.5 Å². The van der Waals surface area contributed by atoms with Crippen molar-refractivity contribution in [3.8, 4) is 11.4 Å². The third-order valence-corrected chi connectivity index (χ3v) is 4.15. The van der Waals surface area contributed by atoms with Gasteiger partial charge in [-0.05, 0) is 30.3 Å². The number of nitrogens with zero attached hydrogens (tertiary/aromatic N) is 4. The zero-order chi connectivity index (χ0) is 18.8. The number of pyridine rings is 1. The van der Waals surface area contributed by atoms with E-state index in [9.17, 15) is 4.79 Å². The Hall–Kier alpha value is -3.68. The smallest absolute Gasteiger partial charge is 0.221 e. The van der Waals surface area contributed by atoms with Crippen molar-refractivity contribution in [3.63, 3.8) is 0 Å². The van der Waals surface area contributed by atoms with Crippen LogP contribution in [0.25, 0.3) is 22.6 Å². The fourth-order valence-corrected chi connectivity index (χ4v) is 2.87. The van der Waals surface area contributed by atoms with Gasteiger partial charge in [-0.2, -0.15) is 0 Å². The molecular weight excluding hydrogens is 342 g/mol. The predicted octanol–water partition coefficient (Wildman–Crippen LogP) is 2.93. The van der Waals surface area contributed by atoms with Gasteiger partial charge in [0.25, 0.3) is 0 Å². The Morgan fingerprint density at radius 2 is 2.04 bits per heavy atom. The highest BCUT2D eigenvalue weighted by atomic mass is 16.1. The highest BCUT2D eigenvalue weighted by Gasteiger charge is 2.10. The van der Waals surface area contributed by atoms with Crippen molar-refractivity contribution < 1.29 is 4.79 Å². The summed E-state index contributed by atoms with van der Waals surface area (Å²) in [6.07, 6.45) is 5.38. The molecule has 0 saturated carbocycles. The lowest BCUT2D eigenvalue weighted by molar-refractivity contribution is -0.114. The molecule has 0 spiro atoms. The molecule has 0 bridgehead atoms. The van der Waals surface area contributed by atoms with Crippen LogP contribution in [0, 0.1) is 0 Å². The Morgan fingerprint density at radius 3 is 2.78 bits per heavy atom. The quantitative estimate of drug-likeness (QED) is 0.507. The summed E-state index contributed by atoms with van der Waals surface area (Å²) in [4.78, 5) is 27.9.